The van der Waals surface area contributed by atoms with Crippen molar-refractivity contribution in [1.82, 2.24) is 20.6 Å². The first-order valence-corrected chi connectivity index (χ1v) is 8.27. The summed E-state index contributed by atoms with van der Waals surface area (Å²) in [5.74, 6) is -0.236. The molecule has 130 valence electrons. The van der Waals surface area contributed by atoms with Crippen LogP contribution in [0, 0.1) is 0 Å². The summed E-state index contributed by atoms with van der Waals surface area (Å²) < 4.78 is 0. The zero-order valence-corrected chi connectivity index (χ0v) is 14.1. The van der Waals surface area contributed by atoms with Crippen LogP contribution >= 0.6 is 0 Å². The van der Waals surface area contributed by atoms with Gasteiger partial charge in [-0.2, -0.15) is 0 Å². The molecule has 3 heterocycles. The van der Waals surface area contributed by atoms with E-state index < -0.39 is 0 Å². The number of carbonyl (C=O) groups excluding carboxylic acids is 2. The zero-order valence-electron chi connectivity index (χ0n) is 14.1. The van der Waals surface area contributed by atoms with Crippen LogP contribution in [0.15, 0.2) is 42.9 Å². The molecule has 1 saturated heterocycles. The Hall–Kier alpha value is -2.96. The normalized spacial score (nSPS) is 16.5. The highest BCUT2D eigenvalue weighted by atomic mass is 16.2. The standard InChI is InChI=1S/C18H21N5O2/c1-13(24)22-15-5-8-23(12-15)16-4-7-20-17(9-16)18(25)21-11-14-3-2-6-19-10-14/h2-4,6-7,9-10,15H,5,8,11-12H2,1H3,(H,21,25)(H,22,24)/t15-/m0/s1. The van der Waals surface area contributed by atoms with Crippen molar-refractivity contribution in [2.45, 2.75) is 25.9 Å². The van der Waals surface area contributed by atoms with Crippen molar-refractivity contribution in [2.24, 2.45) is 0 Å². The molecule has 1 aliphatic heterocycles. The molecular formula is C18H21N5O2. The quantitative estimate of drug-likeness (QED) is 0.852. The van der Waals surface area contributed by atoms with Gasteiger partial charge in [0, 0.05) is 56.9 Å². The maximum absolute atomic E-state index is 12.3. The molecule has 2 aromatic rings. The minimum absolute atomic E-state index is 0.0166. The average Bonchev–Trinajstić information content (AvgIpc) is 3.08. The number of pyridine rings is 2. The molecule has 1 atom stereocenters. The molecular weight excluding hydrogens is 318 g/mol. The monoisotopic (exact) mass is 339 g/mol. The van der Waals surface area contributed by atoms with Crippen molar-refractivity contribution in [3.05, 3.63) is 54.1 Å². The molecule has 7 heteroatoms. The fourth-order valence-electron chi connectivity index (χ4n) is 2.92. The van der Waals surface area contributed by atoms with E-state index in [1.807, 2.05) is 18.2 Å². The SMILES string of the molecule is CC(=O)N[C@H]1CCN(c2ccnc(C(=O)NCc3cccnc3)c2)C1. The van der Waals surface area contributed by atoms with Crippen LogP contribution < -0.4 is 15.5 Å². The predicted octanol–water partition coefficient (Wildman–Crippen LogP) is 1.12. The summed E-state index contributed by atoms with van der Waals surface area (Å²) in [6.45, 7) is 3.51. The first-order valence-electron chi connectivity index (χ1n) is 8.27. The summed E-state index contributed by atoms with van der Waals surface area (Å²) in [5.41, 5.74) is 2.25. The van der Waals surface area contributed by atoms with E-state index in [-0.39, 0.29) is 17.9 Å². The van der Waals surface area contributed by atoms with Gasteiger partial charge in [-0.1, -0.05) is 6.07 Å². The van der Waals surface area contributed by atoms with Crippen molar-refractivity contribution in [3.63, 3.8) is 0 Å². The van der Waals surface area contributed by atoms with Gasteiger partial charge in [-0.3, -0.25) is 19.6 Å². The smallest absolute Gasteiger partial charge is 0.270 e. The number of amides is 2. The molecule has 25 heavy (non-hydrogen) atoms. The van der Waals surface area contributed by atoms with E-state index in [9.17, 15) is 9.59 Å². The molecule has 1 aliphatic rings. The maximum atomic E-state index is 12.3. The summed E-state index contributed by atoms with van der Waals surface area (Å²) in [6, 6.07) is 7.56. The number of nitrogens with one attached hydrogen (secondary N) is 2. The lowest BCUT2D eigenvalue weighted by Crippen LogP contribution is -2.35. The third kappa shape index (κ3) is 4.53. The van der Waals surface area contributed by atoms with Crippen LogP contribution in [-0.4, -0.2) is 40.9 Å². The molecule has 0 aliphatic carbocycles. The van der Waals surface area contributed by atoms with E-state index in [1.54, 1.807) is 24.7 Å². The van der Waals surface area contributed by atoms with Crippen LogP contribution in [0.4, 0.5) is 5.69 Å². The van der Waals surface area contributed by atoms with E-state index in [1.165, 1.54) is 6.92 Å². The van der Waals surface area contributed by atoms with Crippen LogP contribution in [0.1, 0.15) is 29.4 Å². The number of nitrogens with zero attached hydrogens (tertiary/aromatic N) is 3. The van der Waals surface area contributed by atoms with Gasteiger partial charge in [0.1, 0.15) is 5.69 Å². The Kier molecular flexibility index (Phi) is 5.23. The third-order valence-electron chi connectivity index (χ3n) is 4.11. The van der Waals surface area contributed by atoms with E-state index >= 15 is 0 Å². The highest BCUT2D eigenvalue weighted by Gasteiger charge is 2.23. The molecule has 2 aromatic heterocycles. The molecule has 7 nitrogen and oxygen atoms in total. The highest BCUT2D eigenvalue weighted by Crippen LogP contribution is 2.20. The van der Waals surface area contributed by atoms with Crippen molar-refractivity contribution in [2.75, 3.05) is 18.0 Å². The molecule has 2 amide bonds. The van der Waals surface area contributed by atoms with Crippen LogP contribution in [0.2, 0.25) is 0 Å². The molecule has 0 unspecified atom stereocenters. The number of hydrogen-bond acceptors (Lipinski definition) is 5. The minimum atomic E-state index is -0.219. The lowest BCUT2D eigenvalue weighted by atomic mass is 10.2. The number of rotatable bonds is 5. The summed E-state index contributed by atoms with van der Waals surface area (Å²) in [4.78, 5) is 33.8. The van der Waals surface area contributed by atoms with E-state index in [0.717, 1.165) is 30.8 Å². The van der Waals surface area contributed by atoms with E-state index in [4.69, 9.17) is 0 Å². The second-order valence-electron chi connectivity index (χ2n) is 6.08. The van der Waals surface area contributed by atoms with Gasteiger partial charge < -0.3 is 15.5 Å². The summed E-state index contributed by atoms with van der Waals surface area (Å²) in [7, 11) is 0. The molecule has 0 aromatic carbocycles. The number of anilines is 1. The Labute approximate surface area is 146 Å². The van der Waals surface area contributed by atoms with Crippen molar-refractivity contribution < 1.29 is 9.59 Å². The molecule has 3 rings (SSSR count). The first kappa shape index (κ1) is 16.9. The molecule has 0 bridgehead atoms. The Morgan fingerprint density at radius 3 is 2.96 bits per heavy atom. The lowest BCUT2D eigenvalue weighted by molar-refractivity contribution is -0.119. The van der Waals surface area contributed by atoms with Crippen LogP contribution in [0.5, 0.6) is 0 Å². The van der Waals surface area contributed by atoms with Gasteiger partial charge >= 0.3 is 0 Å². The Morgan fingerprint density at radius 1 is 1.32 bits per heavy atom. The third-order valence-corrected chi connectivity index (χ3v) is 4.11. The number of aromatic nitrogens is 2. The summed E-state index contributed by atoms with van der Waals surface area (Å²) >= 11 is 0. The van der Waals surface area contributed by atoms with Gasteiger partial charge in [0.15, 0.2) is 0 Å². The molecule has 0 saturated carbocycles. The summed E-state index contributed by atoms with van der Waals surface area (Å²) in [6.07, 6.45) is 5.95. The summed E-state index contributed by atoms with van der Waals surface area (Å²) in [5, 5.41) is 5.79. The van der Waals surface area contributed by atoms with Gasteiger partial charge in [0.25, 0.3) is 5.91 Å². The second kappa shape index (κ2) is 7.74. The lowest BCUT2D eigenvalue weighted by Gasteiger charge is -2.19. The van der Waals surface area contributed by atoms with E-state index in [0.29, 0.717) is 12.2 Å². The van der Waals surface area contributed by atoms with Crippen molar-refractivity contribution >= 4 is 17.5 Å². The minimum Gasteiger partial charge on any atom is -0.369 e. The Morgan fingerprint density at radius 2 is 2.20 bits per heavy atom. The Bertz CT molecular complexity index is 750. The van der Waals surface area contributed by atoms with Gasteiger partial charge in [-0.25, -0.2) is 0 Å². The van der Waals surface area contributed by atoms with Crippen LogP contribution in [0.25, 0.3) is 0 Å². The van der Waals surface area contributed by atoms with Crippen molar-refractivity contribution in [1.29, 1.82) is 0 Å². The topological polar surface area (TPSA) is 87.2 Å². The van der Waals surface area contributed by atoms with Crippen LogP contribution in [0.3, 0.4) is 0 Å². The molecule has 1 fully saturated rings. The maximum Gasteiger partial charge on any atom is 0.270 e. The number of hydrogen-bond donors (Lipinski definition) is 2. The fraction of sp³-hybridized carbons (Fsp3) is 0.333. The van der Waals surface area contributed by atoms with Gasteiger partial charge in [-0.05, 0) is 30.2 Å². The van der Waals surface area contributed by atoms with Crippen molar-refractivity contribution in [3.8, 4) is 0 Å². The average molecular weight is 339 g/mol. The first-order chi connectivity index (χ1) is 12.1. The molecule has 0 radical (unpaired) electrons. The number of carbonyl (C=O) groups is 2. The molecule has 0 spiro atoms. The van der Waals surface area contributed by atoms with Gasteiger partial charge in [0.2, 0.25) is 5.91 Å². The largest absolute Gasteiger partial charge is 0.369 e. The van der Waals surface area contributed by atoms with Gasteiger partial charge in [0.05, 0.1) is 0 Å². The highest BCUT2D eigenvalue weighted by molar-refractivity contribution is 5.93. The predicted molar refractivity (Wildman–Crippen MR) is 94.1 cm³/mol. The molecule has 2 N–H and O–H groups in total. The Balaban J connectivity index is 1.61. The fourth-order valence-corrected chi connectivity index (χ4v) is 2.92. The zero-order chi connectivity index (χ0) is 17.6. The van der Waals surface area contributed by atoms with E-state index in [2.05, 4.69) is 25.5 Å². The van der Waals surface area contributed by atoms with Gasteiger partial charge in [-0.15, -0.1) is 0 Å². The van der Waals surface area contributed by atoms with Crippen LogP contribution in [-0.2, 0) is 11.3 Å². The second-order valence-corrected chi connectivity index (χ2v) is 6.08.